The minimum atomic E-state index is -0.469. The normalized spacial score (nSPS) is 10.3. The SMILES string of the molecule is N#Cc1ccc(F)c(CNCc2ccc(F)c(Cl)c2)c1. The lowest BCUT2D eigenvalue weighted by Crippen LogP contribution is -2.14. The first-order chi connectivity index (χ1) is 9.60. The molecule has 0 aromatic heterocycles. The van der Waals surface area contributed by atoms with Gasteiger partial charge in [0.05, 0.1) is 16.7 Å². The van der Waals surface area contributed by atoms with Crippen molar-refractivity contribution in [3.63, 3.8) is 0 Å². The third-order valence-electron chi connectivity index (χ3n) is 2.80. The predicted octanol–water partition coefficient (Wildman–Crippen LogP) is 3.78. The first-order valence-electron chi connectivity index (χ1n) is 5.93. The minimum Gasteiger partial charge on any atom is -0.309 e. The highest BCUT2D eigenvalue weighted by molar-refractivity contribution is 6.30. The van der Waals surface area contributed by atoms with E-state index in [0.29, 0.717) is 17.7 Å². The molecule has 20 heavy (non-hydrogen) atoms. The fourth-order valence-electron chi connectivity index (χ4n) is 1.77. The molecule has 0 fully saturated rings. The lowest BCUT2D eigenvalue weighted by Gasteiger charge is -2.07. The van der Waals surface area contributed by atoms with Crippen LogP contribution >= 0.6 is 11.6 Å². The molecule has 0 aliphatic heterocycles. The summed E-state index contributed by atoms with van der Waals surface area (Å²) in [6.45, 7) is 0.701. The van der Waals surface area contributed by atoms with Crippen molar-refractivity contribution < 1.29 is 8.78 Å². The van der Waals surface area contributed by atoms with Crippen LogP contribution in [0.25, 0.3) is 0 Å². The Morgan fingerprint density at radius 1 is 1.05 bits per heavy atom. The van der Waals surface area contributed by atoms with Gasteiger partial charge in [-0.2, -0.15) is 5.26 Å². The molecule has 0 atom stereocenters. The third kappa shape index (κ3) is 3.53. The number of nitrogens with one attached hydrogen (secondary N) is 1. The van der Waals surface area contributed by atoms with E-state index >= 15 is 0 Å². The van der Waals surface area contributed by atoms with E-state index in [1.54, 1.807) is 6.07 Å². The Morgan fingerprint density at radius 3 is 2.50 bits per heavy atom. The highest BCUT2D eigenvalue weighted by atomic mass is 35.5. The largest absolute Gasteiger partial charge is 0.309 e. The van der Waals surface area contributed by atoms with Gasteiger partial charge in [-0.1, -0.05) is 17.7 Å². The number of rotatable bonds is 4. The van der Waals surface area contributed by atoms with Gasteiger partial charge in [0, 0.05) is 18.7 Å². The van der Waals surface area contributed by atoms with Crippen LogP contribution in [-0.4, -0.2) is 0 Å². The summed E-state index contributed by atoms with van der Waals surface area (Å²) >= 11 is 5.68. The fourth-order valence-corrected chi connectivity index (χ4v) is 1.97. The van der Waals surface area contributed by atoms with Gasteiger partial charge in [-0.15, -0.1) is 0 Å². The van der Waals surface area contributed by atoms with Gasteiger partial charge in [0.1, 0.15) is 11.6 Å². The van der Waals surface area contributed by atoms with Gasteiger partial charge in [0.25, 0.3) is 0 Å². The lowest BCUT2D eigenvalue weighted by atomic mass is 10.1. The van der Waals surface area contributed by atoms with Gasteiger partial charge < -0.3 is 5.32 Å². The van der Waals surface area contributed by atoms with Gasteiger partial charge in [-0.25, -0.2) is 8.78 Å². The Hall–Kier alpha value is -1.96. The van der Waals surface area contributed by atoms with Crippen LogP contribution in [0.2, 0.25) is 5.02 Å². The molecule has 0 saturated heterocycles. The zero-order chi connectivity index (χ0) is 14.5. The zero-order valence-electron chi connectivity index (χ0n) is 10.5. The first kappa shape index (κ1) is 14.4. The second-order valence-electron chi connectivity index (χ2n) is 4.27. The van der Waals surface area contributed by atoms with Crippen molar-refractivity contribution in [2.45, 2.75) is 13.1 Å². The minimum absolute atomic E-state index is 0.0574. The standard InChI is InChI=1S/C15H11ClF2N2/c16-13-6-11(2-4-15(13)18)8-20-9-12-5-10(7-19)1-3-14(12)17/h1-6,20H,8-9H2. The number of nitrogens with zero attached hydrogens (tertiary/aromatic N) is 1. The molecule has 2 rings (SSSR count). The molecule has 0 aliphatic rings. The summed E-state index contributed by atoms with van der Waals surface area (Å²) in [6, 6.07) is 10.6. The molecule has 1 N–H and O–H groups in total. The first-order valence-corrected chi connectivity index (χ1v) is 6.31. The topological polar surface area (TPSA) is 35.8 Å². The molecule has 0 spiro atoms. The van der Waals surface area contributed by atoms with Crippen molar-refractivity contribution >= 4 is 11.6 Å². The van der Waals surface area contributed by atoms with E-state index in [1.807, 2.05) is 6.07 Å². The van der Waals surface area contributed by atoms with Crippen molar-refractivity contribution in [3.05, 3.63) is 69.7 Å². The van der Waals surface area contributed by atoms with Crippen molar-refractivity contribution in [1.29, 1.82) is 5.26 Å². The summed E-state index contributed by atoms with van der Waals surface area (Å²) < 4.78 is 26.5. The number of benzene rings is 2. The maximum atomic E-state index is 13.5. The highest BCUT2D eigenvalue weighted by Gasteiger charge is 2.04. The van der Waals surface area contributed by atoms with Gasteiger partial charge in [0.15, 0.2) is 0 Å². The molecule has 0 radical (unpaired) electrons. The Kier molecular flexibility index (Phi) is 4.67. The van der Waals surface area contributed by atoms with E-state index in [9.17, 15) is 8.78 Å². The van der Waals surface area contributed by atoms with E-state index in [1.165, 1.54) is 30.3 Å². The van der Waals surface area contributed by atoms with Crippen molar-refractivity contribution in [2.75, 3.05) is 0 Å². The summed E-state index contributed by atoms with van der Waals surface area (Å²) in [7, 11) is 0. The molecular weight excluding hydrogens is 282 g/mol. The van der Waals surface area contributed by atoms with E-state index < -0.39 is 5.82 Å². The molecule has 2 aromatic rings. The van der Waals surface area contributed by atoms with Crippen LogP contribution in [0, 0.1) is 23.0 Å². The Morgan fingerprint density at radius 2 is 1.80 bits per heavy atom. The molecule has 102 valence electrons. The average Bonchev–Trinajstić information content (AvgIpc) is 2.45. The van der Waals surface area contributed by atoms with Crippen LogP contribution in [0.4, 0.5) is 8.78 Å². The van der Waals surface area contributed by atoms with Gasteiger partial charge in [-0.3, -0.25) is 0 Å². The third-order valence-corrected chi connectivity index (χ3v) is 3.09. The van der Waals surface area contributed by atoms with Crippen LogP contribution in [0.3, 0.4) is 0 Å². The van der Waals surface area contributed by atoms with E-state index in [4.69, 9.17) is 16.9 Å². The number of hydrogen-bond acceptors (Lipinski definition) is 2. The maximum Gasteiger partial charge on any atom is 0.141 e. The summed E-state index contributed by atoms with van der Waals surface area (Å²) in [5.74, 6) is -0.836. The summed E-state index contributed by atoms with van der Waals surface area (Å²) in [5.41, 5.74) is 1.62. The van der Waals surface area contributed by atoms with Gasteiger partial charge in [0.2, 0.25) is 0 Å². The Bertz CT molecular complexity index is 665. The van der Waals surface area contributed by atoms with Crippen molar-refractivity contribution in [1.82, 2.24) is 5.32 Å². The lowest BCUT2D eigenvalue weighted by molar-refractivity contribution is 0.587. The average molecular weight is 293 g/mol. The second kappa shape index (κ2) is 6.47. The molecule has 5 heteroatoms. The van der Waals surface area contributed by atoms with Crippen molar-refractivity contribution in [3.8, 4) is 6.07 Å². The number of hydrogen-bond donors (Lipinski definition) is 1. The quantitative estimate of drug-likeness (QED) is 0.931. The molecule has 0 aliphatic carbocycles. The smallest absolute Gasteiger partial charge is 0.141 e. The fraction of sp³-hybridized carbons (Fsp3) is 0.133. The number of halogens is 3. The molecule has 0 saturated carbocycles. The summed E-state index contributed by atoms with van der Waals surface area (Å²) in [6.07, 6.45) is 0. The van der Waals surface area contributed by atoms with Gasteiger partial charge >= 0.3 is 0 Å². The second-order valence-corrected chi connectivity index (χ2v) is 4.68. The predicted molar refractivity (Wildman–Crippen MR) is 73.1 cm³/mol. The summed E-state index contributed by atoms with van der Waals surface area (Å²) in [5, 5.41) is 11.9. The van der Waals surface area contributed by atoms with Crippen LogP contribution in [0.1, 0.15) is 16.7 Å². The maximum absolute atomic E-state index is 13.5. The van der Waals surface area contributed by atoms with E-state index in [2.05, 4.69) is 5.32 Å². The molecule has 0 bridgehead atoms. The Balaban J connectivity index is 1.99. The van der Waals surface area contributed by atoms with E-state index in [-0.39, 0.29) is 17.4 Å². The molecule has 0 amide bonds. The van der Waals surface area contributed by atoms with Crippen LogP contribution < -0.4 is 5.32 Å². The van der Waals surface area contributed by atoms with Crippen LogP contribution in [0.15, 0.2) is 36.4 Å². The van der Waals surface area contributed by atoms with Gasteiger partial charge in [-0.05, 0) is 35.9 Å². The molecule has 2 aromatic carbocycles. The monoisotopic (exact) mass is 292 g/mol. The molecule has 0 heterocycles. The highest BCUT2D eigenvalue weighted by Crippen LogP contribution is 2.16. The van der Waals surface area contributed by atoms with Crippen molar-refractivity contribution in [2.24, 2.45) is 0 Å². The van der Waals surface area contributed by atoms with Crippen LogP contribution in [-0.2, 0) is 13.1 Å². The molecular formula is C15H11ClF2N2. The Labute approximate surface area is 120 Å². The summed E-state index contributed by atoms with van der Waals surface area (Å²) in [4.78, 5) is 0. The number of nitriles is 1. The zero-order valence-corrected chi connectivity index (χ0v) is 11.2. The van der Waals surface area contributed by atoms with Crippen LogP contribution in [0.5, 0.6) is 0 Å². The molecule has 2 nitrogen and oxygen atoms in total. The van der Waals surface area contributed by atoms with E-state index in [0.717, 1.165) is 5.56 Å². The molecule has 0 unspecified atom stereocenters.